The second-order valence-corrected chi connectivity index (χ2v) is 33.6. The summed E-state index contributed by atoms with van der Waals surface area (Å²) in [5.41, 5.74) is 0. The average Bonchev–Trinajstić information content (AvgIpc) is 0.914. The van der Waals surface area contributed by atoms with Crippen LogP contribution in [0.3, 0.4) is 0 Å². The second-order valence-electron chi connectivity index (χ2n) is 30.7. The first kappa shape index (κ1) is 99.1. The van der Waals surface area contributed by atoms with Crippen LogP contribution >= 0.6 is 15.6 Å². The topological polar surface area (TPSA) is 237 Å². The van der Waals surface area contributed by atoms with Gasteiger partial charge in [-0.3, -0.25) is 37.3 Å². The number of esters is 4. The number of hydrogen-bond donors (Lipinski definition) is 3. The molecule has 0 spiro atoms. The van der Waals surface area contributed by atoms with Gasteiger partial charge in [0.2, 0.25) is 0 Å². The number of aliphatic hydroxyl groups excluding tert-OH is 1. The van der Waals surface area contributed by atoms with Crippen LogP contribution < -0.4 is 0 Å². The lowest BCUT2D eigenvalue weighted by atomic mass is 9.99. The van der Waals surface area contributed by atoms with E-state index in [2.05, 4.69) is 48.5 Å². The summed E-state index contributed by atoms with van der Waals surface area (Å²) >= 11 is 0. The van der Waals surface area contributed by atoms with Gasteiger partial charge in [0.1, 0.15) is 19.3 Å². The van der Waals surface area contributed by atoms with Gasteiger partial charge in [0.25, 0.3) is 0 Å². The maximum Gasteiger partial charge on any atom is 0.472 e. The molecule has 0 heterocycles. The highest BCUT2D eigenvalue weighted by molar-refractivity contribution is 7.47. The number of phosphoric ester groups is 2. The van der Waals surface area contributed by atoms with Gasteiger partial charge < -0.3 is 33.8 Å². The van der Waals surface area contributed by atoms with E-state index in [-0.39, 0.29) is 25.7 Å². The summed E-state index contributed by atoms with van der Waals surface area (Å²) < 4.78 is 68.6. The van der Waals surface area contributed by atoms with Gasteiger partial charge in [-0.1, -0.05) is 376 Å². The molecule has 0 radical (unpaired) electrons. The van der Waals surface area contributed by atoms with Gasteiger partial charge in [0.15, 0.2) is 12.2 Å². The number of hydrogen-bond acceptors (Lipinski definition) is 15. The number of rotatable bonds is 80. The molecule has 0 saturated heterocycles. The van der Waals surface area contributed by atoms with Gasteiger partial charge in [-0.05, 0) is 43.4 Å². The van der Waals surface area contributed by atoms with Crippen LogP contribution in [0.2, 0.25) is 0 Å². The molecule has 17 nitrogen and oxygen atoms in total. The summed E-state index contributed by atoms with van der Waals surface area (Å²) in [6, 6.07) is 0. The van der Waals surface area contributed by atoms with Crippen LogP contribution in [0.4, 0.5) is 0 Å². The maximum absolute atomic E-state index is 13.1. The van der Waals surface area contributed by atoms with Crippen LogP contribution in [0, 0.1) is 17.8 Å². The summed E-state index contributed by atoms with van der Waals surface area (Å²) in [5.74, 6) is 0.306. The van der Waals surface area contributed by atoms with Crippen molar-refractivity contribution in [3.63, 3.8) is 0 Å². The Morgan fingerprint density at radius 1 is 0.287 bits per heavy atom. The van der Waals surface area contributed by atoms with Crippen molar-refractivity contribution in [1.29, 1.82) is 0 Å². The second kappa shape index (κ2) is 72.3. The number of ether oxygens (including phenoxy) is 4. The van der Waals surface area contributed by atoms with E-state index in [4.69, 9.17) is 37.0 Å². The molecule has 0 fully saturated rings. The smallest absolute Gasteiger partial charge is 0.462 e. The monoisotopic (exact) mass is 1480 g/mol. The molecular weight excluding hydrogens is 1320 g/mol. The zero-order chi connectivity index (χ0) is 74.4. The number of carbonyl (C=O) groups excluding carboxylic acids is 4. The van der Waals surface area contributed by atoms with Gasteiger partial charge in [-0.15, -0.1) is 0 Å². The first-order chi connectivity index (χ1) is 48.8. The molecule has 0 aliphatic heterocycles. The summed E-state index contributed by atoms with van der Waals surface area (Å²) in [6.07, 6.45) is 61.2. The van der Waals surface area contributed by atoms with Gasteiger partial charge in [-0.25, -0.2) is 9.13 Å². The van der Waals surface area contributed by atoms with E-state index in [0.717, 1.165) is 114 Å². The Bertz CT molecular complexity index is 1960. The quantitative estimate of drug-likeness (QED) is 0.0222. The molecule has 600 valence electrons. The summed E-state index contributed by atoms with van der Waals surface area (Å²) in [5, 5.41) is 10.6. The van der Waals surface area contributed by atoms with Gasteiger partial charge >= 0.3 is 39.5 Å². The van der Waals surface area contributed by atoms with Crippen molar-refractivity contribution in [2.45, 2.75) is 446 Å². The highest BCUT2D eigenvalue weighted by atomic mass is 31.2. The van der Waals surface area contributed by atoms with Gasteiger partial charge in [-0.2, -0.15) is 0 Å². The summed E-state index contributed by atoms with van der Waals surface area (Å²) in [4.78, 5) is 72.9. The predicted molar refractivity (Wildman–Crippen MR) is 414 cm³/mol. The highest BCUT2D eigenvalue weighted by Gasteiger charge is 2.30. The number of phosphoric acid groups is 2. The van der Waals surface area contributed by atoms with Crippen molar-refractivity contribution in [1.82, 2.24) is 0 Å². The lowest BCUT2D eigenvalue weighted by molar-refractivity contribution is -0.161. The van der Waals surface area contributed by atoms with E-state index in [1.807, 2.05) is 0 Å². The first-order valence-electron chi connectivity index (χ1n) is 42.4. The van der Waals surface area contributed by atoms with Crippen LogP contribution in [0.5, 0.6) is 0 Å². The van der Waals surface area contributed by atoms with E-state index in [1.165, 1.54) is 231 Å². The molecule has 6 atom stereocenters. The zero-order valence-electron chi connectivity index (χ0n) is 66.4. The molecule has 0 aromatic carbocycles. The fourth-order valence-electron chi connectivity index (χ4n) is 12.6. The van der Waals surface area contributed by atoms with Gasteiger partial charge in [0.05, 0.1) is 26.4 Å². The van der Waals surface area contributed by atoms with E-state index in [9.17, 15) is 43.2 Å². The molecule has 0 aromatic rings. The van der Waals surface area contributed by atoms with E-state index in [0.29, 0.717) is 25.7 Å². The average molecular weight is 1480 g/mol. The van der Waals surface area contributed by atoms with Crippen LogP contribution in [0.15, 0.2) is 0 Å². The fourth-order valence-corrected chi connectivity index (χ4v) is 14.2. The third-order valence-corrected chi connectivity index (χ3v) is 21.4. The van der Waals surface area contributed by atoms with Crippen molar-refractivity contribution in [3.05, 3.63) is 0 Å². The molecule has 0 aliphatic carbocycles. The van der Waals surface area contributed by atoms with Gasteiger partial charge in [0, 0.05) is 25.7 Å². The van der Waals surface area contributed by atoms with Crippen molar-refractivity contribution in [2.75, 3.05) is 39.6 Å². The van der Waals surface area contributed by atoms with Crippen LogP contribution in [-0.4, -0.2) is 96.7 Å². The van der Waals surface area contributed by atoms with Crippen molar-refractivity contribution in [3.8, 4) is 0 Å². The Kier molecular flexibility index (Phi) is 70.9. The Morgan fingerprint density at radius 3 is 0.752 bits per heavy atom. The molecule has 3 N–H and O–H groups in total. The SMILES string of the molecule is CCCCCCCCCCC(=O)OC[C@H](COP(=O)(O)OC[C@H](O)COP(=O)(O)OC[C@@H](COC(=O)CCCCCCCCCCCCCCCCCCC(C)C)OC(=O)CCCCCCCCCCCCCCCCCCCCC(C)CC)OC(=O)CCCCCCCCCCCC(C)C. The highest BCUT2D eigenvalue weighted by Crippen LogP contribution is 2.45. The molecule has 0 bridgehead atoms. The minimum atomic E-state index is -4.96. The Balaban J connectivity index is 5.18. The molecule has 0 rings (SSSR count). The number of unbranched alkanes of at least 4 members (excludes halogenated alkanes) is 47. The molecule has 101 heavy (non-hydrogen) atoms. The molecule has 0 aliphatic rings. The van der Waals surface area contributed by atoms with E-state index >= 15 is 0 Å². The van der Waals surface area contributed by atoms with Crippen molar-refractivity contribution >= 4 is 39.5 Å². The molecular formula is C82H160O17P2. The Hall–Kier alpha value is -1.94. The lowest BCUT2D eigenvalue weighted by Gasteiger charge is -2.21. The standard InChI is InChI=1S/C82H160O17P2/c1-8-10-11-12-13-42-49-56-63-79(84)92-69-77(99-82(87)66-59-52-45-38-32-34-40-47-54-61-74(5)6)71-96-100(88,89)94-67-76(83)68-95-101(90,91)97-72-78(70-93-80(85)64-57-50-43-36-30-26-22-19-18-20-24-28-33-39-46-53-60-73(3)4)98-81(86)65-58-51-44-37-31-27-23-17-15-14-16-21-25-29-35-41-48-55-62-75(7)9-2/h73-78,83H,8-72H2,1-7H3,(H,88,89)(H,90,91)/t75?,76-,77+,78+/m0/s1. The van der Waals surface area contributed by atoms with Crippen LogP contribution in [-0.2, 0) is 65.4 Å². The van der Waals surface area contributed by atoms with Crippen molar-refractivity contribution < 1.29 is 80.2 Å². The largest absolute Gasteiger partial charge is 0.472 e. The molecule has 0 aromatic heterocycles. The van der Waals surface area contributed by atoms with E-state index < -0.39 is 97.5 Å². The number of aliphatic hydroxyl groups is 1. The van der Waals surface area contributed by atoms with Crippen LogP contribution in [0.1, 0.15) is 427 Å². The zero-order valence-corrected chi connectivity index (χ0v) is 68.2. The van der Waals surface area contributed by atoms with Crippen molar-refractivity contribution in [2.24, 2.45) is 17.8 Å². The Morgan fingerprint density at radius 2 is 0.505 bits per heavy atom. The minimum absolute atomic E-state index is 0.105. The molecule has 19 heteroatoms. The molecule has 3 unspecified atom stereocenters. The first-order valence-corrected chi connectivity index (χ1v) is 45.4. The number of carbonyl (C=O) groups is 4. The summed E-state index contributed by atoms with van der Waals surface area (Å²) in [6.45, 7) is 12.0. The fraction of sp³-hybridized carbons (Fsp3) is 0.951. The summed E-state index contributed by atoms with van der Waals surface area (Å²) in [7, 11) is -9.92. The van der Waals surface area contributed by atoms with E-state index in [1.54, 1.807) is 0 Å². The minimum Gasteiger partial charge on any atom is -0.462 e. The predicted octanol–water partition coefficient (Wildman–Crippen LogP) is 24.5. The Labute approximate surface area is 619 Å². The molecule has 0 saturated carbocycles. The molecule has 0 amide bonds. The third kappa shape index (κ3) is 74.7. The third-order valence-electron chi connectivity index (χ3n) is 19.5. The van der Waals surface area contributed by atoms with Crippen LogP contribution in [0.25, 0.3) is 0 Å². The maximum atomic E-state index is 13.1. The normalized spacial score (nSPS) is 14.2. The lowest BCUT2D eigenvalue weighted by Crippen LogP contribution is -2.30.